The van der Waals surface area contributed by atoms with Crippen LogP contribution in [0.2, 0.25) is 0 Å². The van der Waals surface area contributed by atoms with E-state index in [4.69, 9.17) is 4.74 Å². The average Bonchev–Trinajstić information content (AvgIpc) is 3.08. The molecule has 0 aliphatic carbocycles. The molecule has 0 saturated heterocycles. The van der Waals surface area contributed by atoms with E-state index in [0.717, 1.165) is 23.1 Å². The number of para-hydroxylation sites is 1. The van der Waals surface area contributed by atoms with Gasteiger partial charge in [0.15, 0.2) is 11.6 Å². The number of carbonyl (C=O) groups is 2. The van der Waals surface area contributed by atoms with Crippen LogP contribution in [0.5, 0.6) is 5.75 Å². The quantitative estimate of drug-likeness (QED) is 0.613. The highest BCUT2D eigenvalue weighted by Gasteiger charge is 2.29. The lowest BCUT2D eigenvalue weighted by molar-refractivity contribution is 0.0696. The maximum atomic E-state index is 14.1. The predicted molar refractivity (Wildman–Crippen MR) is 104 cm³/mol. The van der Waals surface area contributed by atoms with Crippen LogP contribution in [0.1, 0.15) is 24.2 Å². The van der Waals surface area contributed by atoms with Crippen LogP contribution in [0.4, 0.5) is 19.3 Å². The van der Waals surface area contributed by atoms with Gasteiger partial charge in [0.25, 0.3) is 0 Å². The third-order valence-electron chi connectivity index (χ3n) is 4.32. The molecule has 1 N–H and O–H groups in total. The van der Waals surface area contributed by atoms with Crippen molar-refractivity contribution in [2.45, 2.75) is 19.9 Å². The lowest BCUT2D eigenvalue weighted by atomic mass is 10.1. The SMILES string of the molecule is COc1ccc(C(=O)O)cc1N(C(=O)n1nnn(-c2c(F)cccc2F)c1=O)C(C)C. The summed E-state index contributed by atoms with van der Waals surface area (Å²) in [7, 11) is 1.33. The van der Waals surface area contributed by atoms with Crippen LogP contribution in [0.3, 0.4) is 0 Å². The van der Waals surface area contributed by atoms with E-state index in [1.54, 1.807) is 13.8 Å². The monoisotopic (exact) mass is 433 g/mol. The van der Waals surface area contributed by atoms with Crippen molar-refractivity contribution < 1.29 is 28.2 Å². The van der Waals surface area contributed by atoms with E-state index in [9.17, 15) is 28.3 Å². The summed E-state index contributed by atoms with van der Waals surface area (Å²) < 4.78 is 34.0. The Morgan fingerprint density at radius 1 is 1.13 bits per heavy atom. The molecule has 3 aromatic rings. The van der Waals surface area contributed by atoms with Crippen molar-refractivity contribution in [1.82, 2.24) is 19.8 Å². The molecule has 10 nitrogen and oxygen atoms in total. The third kappa shape index (κ3) is 3.86. The molecule has 0 bridgehead atoms. The second kappa shape index (κ2) is 8.34. The number of carbonyl (C=O) groups excluding carboxylic acids is 1. The molecule has 1 aromatic heterocycles. The minimum Gasteiger partial charge on any atom is -0.495 e. The van der Waals surface area contributed by atoms with Gasteiger partial charge in [-0.1, -0.05) is 6.07 Å². The fraction of sp³-hybridized carbons (Fsp3) is 0.211. The van der Waals surface area contributed by atoms with Crippen LogP contribution in [0.15, 0.2) is 41.2 Å². The first kappa shape index (κ1) is 21.6. The number of nitrogens with zero attached hydrogens (tertiary/aromatic N) is 5. The topological polar surface area (TPSA) is 120 Å². The average molecular weight is 433 g/mol. The number of hydrogen-bond acceptors (Lipinski definition) is 6. The van der Waals surface area contributed by atoms with Crippen LogP contribution in [0, 0.1) is 11.6 Å². The Hall–Kier alpha value is -4.09. The molecule has 0 saturated carbocycles. The Morgan fingerprint density at radius 3 is 2.32 bits per heavy atom. The number of carboxylic acid groups (broad SMARTS) is 1. The summed E-state index contributed by atoms with van der Waals surface area (Å²) in [6.45, 7) is 3.22. The predicted octanol–water partition coefficient (Wildman–Crippen LogP) is 2.30. The van der Waals surface area contributed by atoms with E-state index in [-0.39, 0.29) is 17.0 Å². The standard InChI is InChI=1S/C19H17F2N5O5/c1-10(2)24(14-9-11(17(27)28)7-8-15(14)31-3)18(29)26-19(30)25(22-23-26)16-12(20)5-4-6-13(16)21/h4-10H,1-3H3,(H,27,28). The number of hydrogen-bond donors (Lipinski definition) is 1. The molecular weight excluding hydrogens is 416 g/mol. The normalized spacial score (nSPS) is 10.9. The van der Waals surface area contributed by atoms with E-state index in [0.29, 0.717) is 9.36 Å². The molecule has 31 heavy (non-hydrogen) atoms. The molecule has 0 spiro atoms. The Kier molecular flexibility index (Phi) is 5.81. The molecule has 0 atom stereocenters. The maximum Gasteiger partial charge on any atom is 0.377 e. The van der Waals surface area contributed by atoms with Gasteiger partial charge in [-0.2, -0.15) is 4.68 Å². The number of rotatable bonds is 5. The highest BCUT2D eigenvalue weighted by atomic mass is 19.1. The number of methoxy groups -OCH3 is 1. The van der Waals surface area contributed by atoms with Gasteiger partial charge in [-0.15, -0.1) is 4.68 Å². The molecule has 2 aromatic carbocycles. The first-order valence-corrected chi connectivity index (χ1v) is 8.91. The van der Waals surface area contributed by atoms with Gasteiger partial charge in [-0.3, -0.25) is 4.90 Å². The molecule has 12 heteroatoms. The summed E-state index contributed by atoms with van der Waals surface area (Å²) in [6, 6.07) is 5.19. The number of aromatic nitrogens is 4. The minimum absolute atomic E-state index is 0.0564. The maximum absolute atomic E-state index is 14.1. The van der Waals surface area contributed by atoms with Crippen molar-refractivity contribution >= 4 is 17.7 Å². The van der Waals surface area contributed by atoms with Crippen LogP contribution in [0.25, 0.3) is 5.69 Å². The van der Waals surface area contributed by atoms with Gasteiger partial charge < -0.3 is 9.84 Å². The number of amides is 1. The largest absolute Gasteiger partial charge is 0.495 e. The van der Waals surface area contributed by atoms with Crippen LogP contribution in [-0.2, 0) is 0 Å². The number of carboxylic acids is 1. The van der Waals surface area contributed by atoms with Gasteiger partial charge in [0, 0.05) is 6.04 Å². The van der Waals surface area contributed by atoms with E-state index in [1.165, 1.54) is 25.3 Å². The summed E-state index contributed by atoms with van der Waals surface area (Å²) in [5.74, 6) is -3.22. The summed E-state index contributed by atoms with van der Waals surface area (Å²) in [4.78, 5) is 38.3. The third-order valence-corrected chi connectivity index (χ3v) is 4.32. The van der Waals surface area contributed by atoms with E-state index >= 15 is 0 Å². The second-order valence-corrected chi connectivity index (χ2v) is 6.59. The van der Waals surface area contributed by atoms with Gasteiger partial charge in [-0.25, -0.2) is 23.2 Å². The Morgan fingerprint density at radius 2 is 1.77 bits per heavy atom. The molecule has 3 rings (SSSR count). The van der Waals surface area contributed by atoms with Crippen molar-refractivity contribution in [1.29, 1.82) is 0 Å². The van der Waals surface area contributed by atoms with Crippen LogP contribution < -0.4 is 15.3 Å². The Balaban J connectivity index is 2.14. The van der Waals surface area contributed by atoms with Gasteiger partial charge in [-0.05, 0) is 54.6 Å². The summed E-state index contributed by atoms with van der Waals surface area (Å²) >= 11 is 0. The number of halogens is 2. The number of ether oxygens (including phenoxy) is 1. The van der Waals surface area contributed by atoms with Crippen molar-refractivity contribution in [3.63, 3.8) is 0 Å². The van der Waals surface area contributed by atoms with Crippen molar-refractivity contribution in [3.8, 4) is 11.4 Å². The lowest BCUT2D eigenvalue weighted by Crippen LogP contribution is -2.45. The van der Waals surface area contributed by atoms with Gasteiger partial charge in [0.05, 0.1) is 18.4 Å². The molecule has 0 unspecified atom stereocenters. The minimum atomic E-state index is -1.24. The van der Waals surface area contributed by atoms with E-state index in [2.05, 4.69) is 10.4 Å². The summed E-state index contributed by atoms with van der Waals surface area (Å²) in [6.07, 6.45) is 0. The number of benzene rings is 2. The highest BCUT2D eigenvalue weighted by molar-refractivity contribution is 5.97. The van der Waals surface area contributed by atoms with Crippen molar-refractivity contribution in [2.24, 2.45) is 0 Å². The second-order valence-electron chi connectivity index (χ2n) is 6.59. The first-order valence-electron chi connectivity index (χ1n) is 8.91. The number of anilines is 1. The number of aromatic carboxylic acids is 1. The smallest absolute Gasteiger partial charge is 0.377 e. The Labute approximate surface area is 173 Å². The van der Waals surface area contributed by atoms with Gasteiger partial charge in [0.2, 0.25) is 0 Å². The van der Waals surface area contributed by atoms with Crippen molar-refractivity contribution in [2.75, 3.05) is 12.0 Å². The fourth-order valence-corrected chi connectivity index (χ4v) is 2.91. The van der Waals surface area contributed by atoms with Gasteiger partial charge >= 0.3 is 17.7 Å². The van der Waals surface area contributed by atoms with E-state index in [1.807, 2.05) is 0 Å². The molecule has 1 amide bonds. The lowest BCUT2D eigenvalue weighted by Gasteiger charge is -2.27. The molecule has 0 radical (unpaired) electrons. The van der Waals surface area contributed by atoms with E-state index < -0.39 is 41.1 Å². The zero-order valence-electron chi connectivity index (χ0n) is 16.6. The zero-order valence-corrected chi connectivity index (χ0v) is 16.6. The van der Waals surface area contributed by atoms with Gasteiger partial charge in [0.1, 0.15) is 11.4 Å². The molecule has 0 aliphatic rings. The summed E-state index contributed by atoms with van der Waals surface area (Å²) in [5.41, 5.74) is -2.07. The van der Waals surface area contributed by atoms with Crippen LogP contribution >= 0.6 is 0 Å². The Bertz CT molecular complexity index is 1200. The molecule has 0 fully saturated rings. The summed E-state index contributed by atoms with van der Waals surface area (Å²) in [5, 5.41) is 16.1. The highest BCUT2D eigenvalue weighted by Crippen LogP contribution is 2.31. The van der Waals surface area contributed by atoms with Crippen molar-refractivity contribution in [3.05, 3.63) is 64.1 Å². The van der Waals surface area contributed by atoms with Crippen LogP contribution in [-0.4, -0.2) is 50.0 Å². The molecule has 0 aliphatic heterocycles. The first-order chi connectivity index (χ1) is 14.7. The zero-order chi connectivity index (χ0) is 22.9. The fourth-order valence-electron chi connectivity index (χ4n) is 2.91. The molecule has 162 valence electrons. The molecular formula is C19H17F2N5O5. The molecule has 1 heterocycles. The number of tetrazole rings is 1.